The van der Waals surface area contributed by atoms with Gasteiger partial charge in [-0.3, -0.25) is 0 Å². The van der Waals surface area contributed by atoms with Crippen LogP contribution in [0.4, 0.5) is 0 Å². The van der Waals surface area contributed by atoms with Crippen LogP contribution in [-0.4, -0.2) is 11.2 Å². The van der Waals surface area contributed by atoms with E-state index in [1.54, 1.807) is 11.8 Å². The van der Waals surface area contributed by atoms with Crippen LogP contribution >= 0.6 is 27.7 Å². The summed E-state index contributed by atoms with van der Waals surface area (Å²) < 4.78 is 0. The maximum atomic E-state index is 4.20. The third-order valence-corrected chi connectivity index (χ3v) is 2.55. The second-order valence-electron chi connectivity index (χ2n) is 1.81. The van der Waals surface area contributed by atoms with E-state index >= 15 is 0 Å². The normalized spacial score (nSPS) is 9.80. The van der Waals surface area contributed by atoms with Crippen LogP contribution in [0, 0.1) is 0 Å². The summed E-state index contributed by atoms with van der Waals surface area (Å²) in [4.78, 5) is 4.20. The molecule has 0 saturated heterocycles. The summed E-state index contributed by atoms with van der Waals surface area (Å²) >= 11 is 5.07. The first-order valence-corrected chi connectivity index (χ1v) is 5.27. The minimum atomic E-state index is 0.886. The number of alkyl halides is 1. The van der Waals surface area contributed by atoms with Crippen molar-refractivity contribution in [1.82, 2.24) is 4.98 Å². The van der Waals surface area contributed by atoms with E-state index in [4.69, 9.17) is 0 Å². The molecule has 0 unspecified atom stereocenters. The summed E-state index contributed by atoms with van der Waals surface area (Å²) in [6, 6.07) is 4.03. The average Bonchev–Trinajstić information content (AvgIpc) is 2.04. The lowest BCUT2D eigenvalue weighted by Gasteiger charge is -1.99. The molecule has 1 aromatic rings. The summed E-state index contributed by atoms with van der Waals surface area (Å²) in [6.07, 6.45) is 3.85. The Morgan fingerprint density at radius 3 is 3.00 bits per heavy atom. The van der Waals surface area contributed by atoms with Crippen molar-refractivity contribution < 1.29 is 0 Å². The number of thioether (sulfide) groups is 1. The molecule has 0 aliphatic carbocycles. The van der Waals surface area contributed by atoms with E-state index in [2.05, 4.69) is 27.0 Å². The standard InChI is InChI=1S/C7H8BrNS/c1-10-7-6(5-8)3-2-4-9-7/h2-4H,5H2,1H3. The van der Waals surface area contributed by atoms with Gasteiger partial charge in [0.05, 0.1) is 5.03 Å². The van der Waals surface area contributed by atoms with Gasteiger partial charge in [0.2, 0.25) is 0 Å². The summed E-state index contributed by atoms with van der Waals surface area (Å²) in [5.41, 5.74) is 1.26. The molecule has 0 fully saturated rings. The lowest BCUT2D eigenvalue weighted by Crippen LogP contribution is -1.84. The topological polar surface area (TPSA) is 12.9 Å². The van der Waals surface area contributed by atoms with Crippen LogP contribution in [0.2, 0.25) is 0 Å². The molecule has 0 atom stereocenters. The van der Waals surface area contributed by atoms with Gasteiger partial charge in [-0.1, -0.05) is 22.0 Å². The lowest BCUT2D eigenvalue weighted by molar-refractivity contribution is 1.08. The molecule has 0 amide bonds. The van der Waals surface area contributed by atoms with Gasteiger partial charge >= 0.3 is 0 Å². The molecule has 0 aliphatic heterocycles. The lowest BCUT2D eigenvalue weighted by atomic mass is 10.3. The first-order valence-electron chi connectivity index (χ1n) is 2.92. The van der Waals surface area contributed by atoms with Crippen LogP contribution in [0.5, 0.6) is 0 Å². The zero-order valence-corrected chi connectivity index (χ0v) is 8.08. The molecule has 10 heavy (non-hydrogen) atoms. The zero-order valence-electron chi connectivity index (χ0n) is 5.67. The molecule has 0 aromatic carbocycles. The highest BCUT2D eigenvalue weighted by Crippen LogP contribution is 2.18. The maximum Gasteiger partial charge on any atom is 0.0997 e. The van der Waals surface area contributed by atoms with Crippen molar-refractivity contribution in [2.24, 2.45) is 0 Å². The first kappa shape index (κ1) is 8.08. The number of hydrogen-bond donors (Lipinski definition) is 0. The monoisotopic (exact) mass is 217 g/mol. The molecular formula is C7H8BrNS. The van der Waals surface area contributed by atoms with Gasteiger partial charge < -0.3 is 0 Å². The molecule has 0 aliphatic rings. The molecular weight excluding hydrogens is 210 g/mol. The van der Waals surface area contributed by atoms with Crippen LogP contribution in [-0.2, 0) is 5.33 Å². The number of aromatic nitrogens is 1. The van der Waals surface area contributed by atoms with Crippen molar-refractivity contribution in [3.8, 4) is 0 Å². The smallest absolute Gasteiger partial charge is 0.0997 e. The quantitative estimate of drug-likeness (QED) is 0.559. The first-order chi connectivity index (χ1) is 4.88. The second-order valence-corrected chi connectivity index (χ2v) is 3.16. The van der Waals surface area contributed by atoms with Crippen molar-refractivity contribution in [2.45, 2.75) is 10.4 Å². The highest BCUT2D eigenvalue weighted by atomic mass is 79.9. The van der Waals surface area contributed by atoms with Gasteiger partial charge in [-0.25, -0.2) is 4.98 Å². The van der Waals surface area contributed by atoms with Crippen molar-refractivity contribution in [1.29, 1.82) is 0 Å². The number of nitrogens with zero attached hydrogens (tertiary/aromatic N) is 1. The molecule has 0 saturated carbocycles. The summed E-state index contributed by atoms with van der Waals surface area (Å²) in [5.74, 6) is 0. The third-order valence-electron chi connectivity index (χ3n) is 1.19. The molecule has 0 N–H and O–H groups in total. The van der Waals surface area contributed by atoms with E-state index in [0.717, 1.165) is 10.4 Å². The molecule has 3 heteroatoms. The third kappa shape index (κ3) is 1.73. The second kappa shape index (κ2) is 3.98. The Bertz CT molecular complexity index is 192. The molecule has 1 rings (SSSR count). The van der Waals surface area contributed by atoms with E-state index in [0.29, 0.717) is 0 Å². The fraction of sp³-hybridized carbons (Fsp3) is 0.286. The largest absolute Gasteiger partial charge is 0.250 e. The fourth-order valence-electron chi connectivity index (χ4n) is 0.710. The zero-order chi connectivity index (χ0) is 7.40. The highest BCUT2D eigenvalue weighted by molar-refractivity contribution is 9.08. The highest BCUT2D eigenvalue weighted by Gasteiger charge is 1.97. The summed E-state index contributed by atoms with van der Waals surface area (Å²) in [6.45, 7) is 0. The average molecular weight is 218 g/mol. The fourth-order valence-corrected chi connectivity index (χ4v) is 1.92. The minimum Gasteiger partial charge on any atom is -0.250 e. The van der Waals surface area contributed by atoms with E-state index in [-0.39, 0.29) is 0 Å². The summed E-state index contributed by atoms with van der Waals surface area (Å²) in [7, 11) is 0. The van der Waals surface area contributed by atoms with Gasteiger partial charge in [0.1, 0.15) is 0 Å². The van der Waals surface area contributed by atoms with Gasteiger partial charge in [0.25, 0.3) is 0 Å². The van der Waals surface area contributed by atoms with Crippen LogP contribution in [0.15, 0.2) is 23.4 Å². The molecule has 0 radical (unpaired) electrons. The Hall–Kier alpha value is -0.0200. The predicted molar refractivity (Wildman–Crippen MR) is 48.6 cm³/mol. The van der Waals surface area contributed by atoms with Crippen LogP contribution in [0.1, 0.15) is 5.56 Å². The van der Waals surface area contributed by atoms with Crippen molar-refractivity contribution in [3.63, 3.8) is 0 Å². The Labute approximate surface area is 73.4 Å². The van der Waals surface area contributed by atoms with Gasteiger partial charge in [0, 0.05) is 11.5 Å². The Kier molecular flexibility index (Phi) is 3.22. The molecule has 1 aromatic heterocycles. The van der Waals surface area contributed by atoms with Gasteiger partial charge in [0.15, 0.2) is 0 Å². The molecule has 0 spiro atoms. The van der Waals surface area contributed by atoms with Gasteiger partial charge in [-0.2, -0.15) is 0 Å². The molecule has 0 bridgehead atoms. The van der Waals surface area contributed by atoms with Crippen molar-refractivity contribution in [2.75, 3.05) is 6.26 Å². The molecule has 1 heterocycles. The van der Waals surface area contributed by atoms with Gasteiger partial charge in [-0.05, 0) is 17.9 Å². The molecule has 1 nitrogen and oxygen atoms in total. The van der Waals surface area contributed by atoms with Gasteiger partial charge in [-0.15, -0.1) is 11.8 Å². The van der Waals surface area contributed by atoms with E-state index in [1.807, 2.05) is 18.5 Å². The van der Waals surface area contributed by atoms with E-state index in [1.165, 1.54) is 5.56 Å². The SMILES string of the molecule is CSc1ncccc1CBr. The van der Waals surface area contributed by atoms with Crippen molar-refractivity contribution in [3.05, 3.63) is 23.9 Å². The number of pyridine rings is 1. The summed E-state index contributed by atoms with van der Waals surface area (Å²) in [5, 5.41) is 2.00. The van der Waals surface area contributed by atoms with Crippen LogP contribution in [0.3, 0.4) is 0 Å². The number of rotatable bonds is 2. The van der Waals surface area contributed by atoms with E-state index in [9.17, 15) is 0 Å². The number of hydrogen-bond acceptors (Lipinski definition) is 2. The Morgan fingerprint density at radius 1 is 1.70 bits per heavy atom. The van der Waals surface area contributed by atoms with E-state index < -0.39 is 0 Å². The number of halogens is 1. The minimum absolute atomic E-state index is 0.886. The Morgan fingerprint density at radius 2 is 2.50 bits per heavy atom. The van der Waals surface area contributed by atoms with Crippen LogP contribution < -0.4 is 0 Å². The van der Waals surface area contributed by atoms with Crippen molar-refractivity contribution >= 4 is 27.7 Å². The van der Waals surface area contributed by atoms with Crippen LogP contribution in [0.25, 0.3) is 0 Å². The predicted octanol–water partition coefficient (Wildman–Crippen LogP) is 2.70. The molecule has 54 valence electrons. The Balaban J connectivity index is 2.96. The maximum absolute atomic E-state index is 4.20.